The molecule has 1 aliphatic carbocycles. The van der Waals surface area contributed by atoms with Crippen LogP contribution in [-0.4, -0.2) is 81.7 Å². The molecule has 246 valence electrons. The zero-order valence-electron chi connectivity index (χ0n) is 26.8. The van der Waals surface area contributed by atoms with E-state index in [4.69, 9.17) is 14.5 Å². The van der Waals surface area contributed by atoms with E-state index in [2.05, 4.69) is 21.2 Å². The lowest BCUT2D eigenvalue weighted by molar-refractivity contribution is -0.140. The van der Waals surface area contributed by atoms with Crippen LogP contribution >= 0.6 is 27.3 Å². The number of amides is 3. The van der Waals surface area contributed by atoms with Gasteiger partial charge in [0.2, 0.25) is 17.6 Å². The van der Waals surface area contributed by atoms with Crippen LogP contribution in [0, 0.1) is 5.92 Å². The molecule has 3 amide bonds. The van der Waals surface area contributed by atoms with Gasteiger partial charge in [0.25, 0.3) is 0 Å². The quantitative estimate of drug-likeness (QED) is 0.221. The zero-order chi connectivity index (χ0) is 32.7. The first-order valence-corrected chi connectivity index (χ1v) is 17.8. The molecule has 1 aromatic carbocycles. The Morgan fingerprint density at radius 2 is 1.87 bits per heavy atom. The van der Waals surface area contributed by atoms with E-state index in [1.807, 2.05) is 11.0 Å². The minimum Gasteiger partial charge on any atom is -0.493 e. The highest BCUT2D eigenvalue weighted by Crippen LogP contribution is 2.36. The van der Waals surface area contributed by atoms with E-state index in [9.17, 15) is 19.2 Å². The van der Waals surface area contributed by atoms with Gasteiger partial charge in [0.05, 0.1) is 12.6 Å². The number of thiazole rings is 1. The maximum absolute atomic E-state index is 14.3. The van der Waals surface area contributed by atoms with Crippen LogP contribution in [0.4, 0.5) is 4.79 Å². The molecule has 1 saturated carbocycles. The summed E-state index contributed by atoms with van der Waals surface area (Å²) in [5.74, 6) is -0.112. The number of carbonyl (C=O) groups excluding carboxylic acids is 4. The summed E-state index contributed by atoms with van der Waals surface area (Å²) in [6.07, 6.45) is 5.73. The summed E-state index contributed by atoms with van der Waals surface area (Å²) in [5.41, 5.74) is 0.130. The van der Waals surface area contributed by atoms with Crippen molar-refractivity contribution in [3.8, 4) is 5.75 Å². The number of benzene rings is 1. The first-order valence-electron chi connectivity index (χ1n) is 15.7. The molecule has 2 heterocycles. The molecule has 1 N–H and O–H groups in total. The van der Waals surface area contributed by atoms with Crippen molar-refractivity contribution in [3.05, 3.63) is 45.9 Å². The summed E-state index contributed by atoms with van der Waals surface area (Å²) in [7, 11) is 1.53. The lowest BCUT2D eigenvalue weighted by Crippen LogP contribution is -2.56. The Balaban J connectivity index is 1.50. The lowest BCUT2D eigenvalue weighted by Gasteiger charge is -2.36. The number of aromatic nitrogens is 1. The van der Waals surface area contributed by atoms with Gasteiger partial charge in [0.1, 0.15) is 34.1 Å². The number of rotatable bonds is 11. The van der Waals surface area contributed by atoms with Gasteiger partial charge in [-0.15, -0.1) is 11.3 Å². The number of halogens is 1. The third kappa shape index (κ3) is 9.06. The molecule has 1 saturated heterocycles. The Morgan fingerprint density at radius 1 is 1.13 bits per heavy atom. The summed E-state index contributed by atoms with van der Waals surface area (Å²) < 4.78 is 11.1. The molecule has 10 nitrogen and oxygen atoms in total. The maximum atomic E-state index is 14.3. The van der Waals surface area contributed by atoms with Gasteiger partial charge in [0.15, 0.2) is 0 Å². The van der Waals surface area contributed by atoms with E-state index in [0.29, 0.717) is 40.5 Å². The fourth-order valence-corrected chi connectivity index (χ4v) is 6.94. The van der Waals surface area contributed by atoms with Gasteiger partial charge < -0.3 is 19.7 Å². The van der Waals surface area contributed by atoms with Crippen molar-refractivity contribution in [2.24, 2.45) is 5.92 Å². The second-order valence-electron chi connectivity index (χ2n) is 12.8. The first-order chi connectivity index (χ1) is 21.4. The van der Waals surface area contributed by atoms with E-state index in [1.54, 1.807) is 51.3 Å². The average Bonchev–Trinajstić information content (AvgIpc) is 3.71. The number of ether oxygens (including phenoxy) is 2. The summed E-state index contributed by atoms with van der Waals surface area (Å²) in [6, 6.07) is 5.24. The van der Waals surface area contributed by atoms with Gasteiger partial charge in [-0.25, -0.2) is 9.78 Å². The summed E-state index contributed by atoms with van der Waals surface area (Å²) >= 11 is 4.72. The summed E-state index contributed by atoms with van der Waals surface area (Å²) in [6.45, 7) is 7.99. The van der Waals surface area contributed by atoms with Gasteiger partial charge in [-0.05, 0) is 71.4 Å². The van der Waals surface area contributed by atoms with Gasteiger partial charge in [0, 0.05) is 29.9 Å². The number of hydrogen-bond acceptors (Lipinski definition) is 8. The van der Waals surface area contributed by atoms with Crippen molar-refractivity contribution in [2.75, 3.05) is 25.5 Å². The van der Waals surface area contributed by atoms with E-state index in [-0.39, 0.29) is 23.7 Å². The van der Waals surface area contributed by atoms with Gasteiger partial charge >= 0.3 is 6.09 Å². The minimum absolute atomic E-state index is 0.00274. The Labute approximate surface area is 278 Å². The van der Waals surface area contributed by atoms with Crippen molar-refractivity contribution >= 4 is 51.0 Å². The Morgan fingerprint density at radius 3 is 2.56 bits per heavy atom. The number of likely N-dealkylation sites (tertiary alicyclic amines) is 1. The molecular formula is C33H45BrN4O6S. The predicted octanol–water partition coefficient (Wildman–Crippen LogP) is 6.13. The van der Waals surface area contributed by atoms with E-state index < -0.39 is 29.7 Å². The number of likely N-dealkylation sites (N-methyl/N-ethyl adjacent to an activating group) is 1. The van der Waals surface area contributed by atoms with Crippen molar-refractivity contribution < 1.29 is 28.7 Å². The molecule has 1 aliphatic heterocycles. The van der Waals surface area contributed by atoms with E-state index >= 15 is 0 Å². The van der Waals surface area contributed by atoms with Crippen molar-refractivity contribution in [1.29, 1.82) is 0 Å². The van der Waals surface area contributed by atoms with Crippen LogP contribution < -0.4 is 10.1 Å². The third-order valence-electron chi connectivity index (χ3n) is 8.34. The smallest absolute Gasteiger partial charge is 0.410 e. The van der Waals surface area contributed by atoms with Crippen molar-refractivity contribution in [3.63, 3.8) is 0 Å². The zero-order valence-corrected chi connectivity index (χ0v) is 29.2. The summed E-state index contributed by atoms with van der Waals surface area (Å²) in [4.78, 5) is 61.5. The highest BCUT2D eigenvalue weighted by Gasteiger charge is 2.41. The monoisotopic (exact) mass is 704 g/mol. The second-order valence-corrected chi connectivity index (χ2v) is 14.5. The van der Waals surface area contributed by atoms with Crippen LogP contribution in [0.2, 0.25) is 0 Å². The van der Waals surface area contributed by atoms with Crippen LogP contribution in [0.1, 0.15) is 99.7 Å². The Kier molecular flexibility index (Phi) is 12.0. The molecule has 4 rings (SSSR count). The largest absolute Gasteiger partial charge is 0.493 e. The highest BCUT2D eigenvalue weighted by molar-refractivity contribution is 9.09. The molecule has 12 heteroatoms. The van der Waals surface area contributed by atoms with E-state index in [0.717, 1.165) is 44.9 Å². The Hall–Kier alpha value is -2.99. The fraction of sp³-hybridized carbons (Fsp3) is 0.606. The molecule has 1 aromatic heterocycles. The average molecular weight is 706 g/mol. The summed E-state index contributed by atoms with van der Waals surface area (Å²) in [5, 5.41) is 6.18. The van der Waals surface area contributed by atoms with Crippen LogP contribution in [0.3, 0.4) is 0 Å². The SMILES string of the molecule is CC(C(=O)NC(C(=O)N1CCC[C@H]1c1nc(C(=O)c2cccc(OCCBr)c2)cs1)C1CCCCC1)N(C)C(=O)OC(C)(C)C. The number of alkyl halides is 1. The fourth-order valence-electron chi connectivity index (χ4n) is 5.83. The lowest BCUT2D eigenvalue weighted by atomic mass is 9.83. The number of nitrogens with one attached hydrogen (secondary N) is 1. The normalized spacial score (nSPS) is 18.6. The predicted molar refractivity (Wildman–Crippen MR) is 177 cm³/mol. The van der Waals surface area contributed by atoms with Crippen LogP contribution in [-0.2, 0) is 14.3 Å². The molecule has 0 bridgehead atoms. The first kappa shape index (κ1) is 34.9. The maximum Gasteiger partial charge on any atom is 0.410 e. The molecular weight excluding hydrogens is 660 g/mol. The Bertz CT molecular complexity index is 1350. The van der Waals surface area contributed by atoms with Crippen molar-refractivity contribution in [2.45, 2.75) is 96.4 Å². The third-order valence-corrected chi connectivity index (χ3v) is 9.61. The number of carbonyl (C=O) groups is 4. The van der Waals surface area contributed by atoms with Gasteiger partial charge in [-0.1, -0.05) is 47.3 Å². The van der Waals surface area contributed by atoms with Crippen LogP contribution in [0.5, 0.6) is 5.75 Å². The standard InChI is InChI=1S/C33H45BrN4O6S/c1-21(37(5)32(42)44-33(2,3)4)29(40)36-27(22-11-7-6-8-12-22)31(41)38-17-10-15-26(38)30-35-25(20-45-30)28(39)23-13-9-14-24(19-23)43-18-16-34/h9,13-14,19-22,26-27H,6-8,10-12,15-18H2,1-5H3,(H,36,40)/t21?,26-,27?/m0/s1. The molecule has 2 unspecified atom stereocenters. The van der Waals surface area contributed by atoms with Crippen LogP contribution in [0.25, 0.3) is 0 Å². The molecule has 0 spiro atoms. The molecule has 0 radical (unpaired) electrons. The van der Waals surface area contributed by atoms with Crippen molar-refractivity contribution in [1.82, 2.24) is 20.1 Å². The number of hydrogen-bond donors (Lipinski definition) is 1. The minimum atomic E-state index is -0.830. The highest BCUT2D eigenvalue weighted by atomic mass is 79.9. The molecule has 2 aromatic rings. The van der Waals surface area contributed by atoms with E-state index in [1.165, 1.54) is 23.3 Å². The molecule has 2 aliphatic rings. The molecule has 2 fully saturated rings. The second kappa shape index (κ2) is 15.5. The van der Waals surface area contributed by atoms with Gasteiger partial charge in [-0.3, -0.25) is 19.3 Å². The number of ketones is 1. The topological polar surface area (TPSA) is 118 Å². The molecule has 3 atom stereocenters. The van der Waals surface area contributed by atoms with Gasteiger partial charge in [-0.2, -0.15) is 0 Å². The number of nitrogens with zero attached hydrogens (tertiary/aromatic N) is 3. The molecule has 45 heavy (non-hydrogen) atoms. The van der Waals surface area contributed by atoms with Crippen LogP contribution in [0.15, 0.2) is 29.6 Å².